The van der Waals surface area contributed by atoms with Crippen LogP contribution in [0.25, 0.3) is 5.69 Å². The Balaban J connectivity index is 1.45. The van der Waals surface area contributed by atoms with E-state index in [0.717, 1.165) is 24.4 Å². The Morgan fingerprint density at radius 3 is 2.77 bits per heavy atom. The largest absolute Gasteiger partial charge is 0.323 e. The van der Waals surface area contributed by atoms with Crippen LogP contribution < -0.4 is 5.32 Å². The number of halogens is 1. The van der Waals surface area contributed by atoms with Crippen LogP contribution >= 0.6 is 23.4 Å². The number of amides is 1. The number of hydrogen-bond donors (Lipinski definition) is 1. The Labute approximate surface area is 160 Å². The fraction of sp³-hybridized carbons (Fsp3) is 0.222. The van der Waals surface area contributed by atoms with Gasteiger partial charge in [0.2, 0.25) is 11.1 Å². The van der Waals surface area contributed by atoms with Crippen LogP contribution in [0.15, 0.2) is 53.8 Å². The Morgan fingerprint density at radius 1 is 1.23 bits per heavy atom. The van der Waals surface area contributed by atoms with Crippen molar-refractivity contribution in [2.75, 3.05) is 11.1 Å². The highest BCUT2D eigenvalue weighted by molar-refractivity contribution is 7.99. The van der Waals surface area contributed by atoms with Crippen LogP contribution in [0, 0.1) is 0 Å². The molecule has 0 bridgehead atoms. The van der Waals surface area contributed by atoms with Gasteiger partial charge in [-0.25, -0.2) is 14.6 Å². The van der Waals surface area contributed by atoms with Crippen molar-refractivity contribution >= 4 is 35.0 Å². The minimum absolute atomic E-state index is 0.172. The molecule has 0 spiro atoms. The second-order valence-corrected chi connectivity index (χ2v) is 7.25. The number of nitrogens with zero attached hydrogens (tertiary/aromatic N) is 4. The minimum atomic E-state index is -0.172. The summed E-state index contributed by atoms with van der Waals surface area (Å²) in [6.07, 6.45) is 3.84. The van der Waals surface area contributed by atoms with Crippen molar-refractivity contribution in [2.24, 2.45) is 0 Å². The normalized spacial score (nSPS) is 13.6. The number of carbonyl (C=O) groups is 1. The summed E-state index contributed by atoms with van der Waals surface area (Å²) < 4.78 is 1.88. The molecule has 4 rings (SSSR count). The molecule has 8 heteroatoms. The summed E-state index contributed by atoms with van der Waals surface area (Å²) in [6, 6.07) is 13.4. The van der Waals surface area contributed by atoms with Gasteiger partial charge in [-0.05, 0) is 37.1 Å². The molecule has 1 saturated carbocycles. The number of rotatable bonds is 6. The number of para-hydroxylation sites is 1. The molecule has 3 aromatic rings. The third kappa shape index (κ3) is 3.89. The van der Waals surface area contributed by atoms with Crippen LogP contribution in [0.3, 0.4) is 0 Å². The molecule has 0 aliphatic heterocycles. The molecule has 0 saturated heterocycles. The van der Waals surface area contributed by atoms with E-state index in [9.17, 15) is 4.79 Å². The molecule has 0 unspecified atom stereocenters. The van der Waals surface area contributed by atoms with E-state index in [1.165, 1.54) is 11.8 Å². The van der Waals surface area contributed by atoms with Crippen molar-refractivity contribution in [3.63, 3.8) is 0 Å². The van der Waals surface area contributed by atoms with Crippen LogP contribution in [-0.4, -0.2) is 31.4 Å². The number of anilines is 1. The van der Waals surface area contributed by atoms with Gasteiger partial charge in [-0.2, -0.15) is 0 Å². The van der Waals surface area contributed by atoms with Crippen molar-refractivity contribution in [3.8, 4) is 5.69 Å². The quantitative estimate of drug-likeness (QED) is 0.514. The van der Waals surface area contributed by atoms with E-state index in [1.807, 2.05) is 35.0 Å². The monoisotopic (exact) mass is 385 g/mol. The molecular weight excluding hydrogens is 370 g/mol. The van der Waals surface area contributed by atoms with Gasteiger partial charge in [-0.15, -0.1) is 5.10 Å². The molecule has 2 aromatic heterocycles. The van der Waals surface area contributed by atoms with E-state index < -0.39 is 0 Å². The zero-order valence-corrected chi connectivity index (χ0v) is 15.4. The number of hydrogen-bond acceptors (Lipinski definition) is 5. The maximum Gasteiger partial charge on any atom is 0.234 e. The molecule has 1 N–H and O–H groups in total. The van der Waals surface area contributed by atoms with Crippen molar-refractivity contribution in [1.29, 1.82) is 0 Å². The van der Waals surface area contributed by atoms with E-state index in [-0.39, 0.29) is 16.8 Å². The molecular formula is C18H16ClN5OS. The first-order valence-corrected chi connectivity index (χ1v) is 9.62. The molecule has 132 valence electrons. The summed E-state index contributed by atoms with van der Waals surface area (Å²) >= 11 is 7.27. The first-order valence-electron chi connectivity index (χ1n) is 8.26. The fourth-order valence-electron chi connectivity index (χ4n) is 2.53. The van der Waals surface area contributed by atoms with E-state index in [0.29, 0.717) is 16.8 Å². The Morgan fingerprint density at radius 2 is 2.04 bits per heavy atom. The molecule has 1 fully saturated rings. The van der Waals surface area contributed by atoms with Crippen LogP contribution in [-0.2, 0) is 4.79 Å². The van der Waals surface area contributed by atoms with Crippen LogP contribution in [0.5, 0.6) is 0 Å². The molecule has 1 aliphatic carbocycles. The maximum atomic E-state index is 12.2. The lowest BCUT2D eigenvalue weighted by atomic mass is 10.3. The maximum absolute atomic E-state index is 12.2. The van der Waals surface area contributed by atoms with Crippen LogP contribution in [0.4, 0.5) is 5.69 Å². The summed E-state index contributed by atoms with van der Waals surface area (Å²) in [5.41, 5.74) is 1.49. The highest BCUT2D eigenvalue weighted by Gasteiger charge is 2.30. The number of nitrogens with one attached hydrogen (secondary N) is 1. The van der Waals surface area contributed by atoms with Gasteiger partial charge < -0.3 is 5.32 Å². The molecule has 1 aliphatic rings. The van der Waals surface area contributed by atoms with Crippen molar-refractivity contribution < 1.29 is 4.79 Å². The summed E-state index contributed by atoms with van der Waals surface area (Å²) in [4.78, 5) is 20.7. The first kappa shape index (κ1) is 17.1. The summed E-state index contributed by atoms with van der Waals surface area (Å²) in [5, 5.41) is 8.21. The number of pyridine rings is 1. The van der Waals surface area contributed by atoms with Gasteiger partial charge in [0, 0.05) is 12.1 Å². The molecule has 26 heavy (non-hydrogen) atoms. The Hall–Kier alpha value is -2.38. The number of carbonyl (C=O) groups excluding carboxylic acids is 1. The summed E-state index contributed by atoms with van der Waals surface area (Å²) in [7, 11) is 0. The highest BCUT2D eigenvalue weighted by atomic mass is 35.5. The lowest BCUT2D eigenvalue weighted by Gasteiger charge is -2.04. The number of benzene rings is 1. The first-order chi connectivity index (χ1) is 12.7. The van der Waals surface area contributed by atoms with Gasteiger partial charge in [0.25, 0.3) is 0 Å². The van der Waals surface area contributed by atoms with Gasteiger partial charge >= 0.3 is 0 Å². The highest BCUT2D eigenvalue weighted by Crippen LogP contribution is 2.40. The lowest BCUT2D eigenvalue weighted by molar-refractivity contribution is -0.113. The van der Waals surface area contributed by atoms with Gasteiger partial charge in [0.05, 0.1) is 17.1 Å². The molecule has 0 radical (unpaired) electrons. The predicted octanol–water partition coefficient (Wildman–Crippen LogP) is 3.92. The van der Waals surface area contributed by atoms with E-state index in [2.05, 4.69) is 20.4 Å². The van der Waals surface area contributed by atoms with Crippen LogP contribution in [0.1, 0.15) is 24.6 Å². The number of thioether (sulfide) groups is 1. The number of aromatic nitrogens is 4. The average molecular weight is 386 g/mol. The third-order valence-electron chi connectivity index (χ3n) is 3.92. The van der Waals surface area contributed by atoms with Gasteiger partial charge in [-0.3, -0.25) is 4.79 Å². The standard InChI is InChI=1S/C18H16ClN5OS/c19-16-14(7-4-10-20-16)21-15(25)11-26-18-22-17(12-8-9-12)24(23-18)13-5-2-1-3-6-13/h1-7,10,12H,8-9,11H2,(H,21,25). The molecule has 2 heterocycles. The molecule has 1 aromatic carbocycles. The second-order valence-electron chi connectivity index (χ2n) is 5.95. The van der Waals surface area contributed by atoms with Crippen molar-refractivity contribution in [2.45, 2.75) is 23.9 Å². The van der Waals surface area contributed by atoms with Gasteiger partial charge in [-0.1, -0.05) is 41.6 Å². The molecule has 1 amide bonds. The third-order valence-corrected chi connectivity index (χ3v) is 5.06. The Kier molecular flexibility index (Phi) is 4.90. The summed E-state index contributed by atoms with van der Waals surface area (Å²) in [6.45, 7) is 0. The lowest BCUT2D eigenvalue weighted by Crippen LogP contribution is -2.14. The van der Waals surface area contributed by atoms with Crippen LogP contribution in [0.2, 0.25) is 5.15 Å². The topological polar surface area (TPSA) is 72.7 Å². The van der Waals surface area contributed by atoms with E-state index in [4.69, 9.17) is 11.6 Å². The average Bonchev–Trinajstić information content (AvgIpc) is 3.42. The molecule has 0 atom stereocenters. The van der Waals surface area contributed by atoms with E-state index >= 15 is 0 Å². The fourth-order valence-corrected chi connectivity index (χ4v) is 3.32. The van der Waals surface area contributed by atoms with Gasteiger partial charge in [0.15, 0.2) is 5.15 Å². The SMILES string of the molecule is O=C(CSc1nc(C2CC2)n(-c2ccccc2)n1)Nc1cccnc1Cl. The zero-order chi connectivity index (χ0) is 17.9. The summed E-state index contributed by atoms with van der Waals surface area (Å²) in [5.74, 6) is 1.46. The second kappa shape index (κ2) is 7.47. The zero-order valence-electron chi connectivity index (χ0n) is 13.8. The van der Waals surface area contributed by atoms with Gasteiger partial charge in [0.1, 0.15) is 5.82 Å². The predicted molar refractivity (Wildman–Crippen MR) is 102 cm³/mol. The van der Waals surface area contributed by atoms with Crippen molar-refractivity contribution in [3.05, 3.63) is 59.6 Å². The Bertz CT molecular complexity index is 926. The molecule has 6 nitrogen and oxygen atoms in total. The van der Waals surface area contributed by atoms with Crippen molar-refractivity contribution in [1.82, 2.24) is 19.7 Å². The smallest absolute Gasteiger partial charge is 0.234 e. The minimum Gasteiger partial charge on any atom is -0.323 e. The van der Waals surface area contributed by atoms with E-state index in [1.54, 1.807) is 18.3 Å².